The van der Waals surface area contributed by atoms with Gasteiger partial charge in [0.05, 0.1) is 18.8 Å². The fourth-order valence-corrected chi connectivity index (χ4v) is 3.59. The zero-order chi connectivity index (χ0) is 18.5. The van der Waals surface area contributed by atoms with E-state index in [1.54, 1.807) is 12.4 Å². The third kappa shape index (κ3) is 4.24. The van der Waals surface area contributed by atoms with Crippen LogP contribution < -0.4 is 5.32 Å². The van der Waals surface area contributed by atoms with Crippen molar-refractivity contribution in [2.75, 3.05) is 0 Å². The van der Waals surface area contributed by atoms with Crippen LogP contribution >= 0.6 is 0 Å². The van der Waals surface area contributed by atoms with Gasteiger partial charge in [-0.3, -0.25) is 4.79 Å². The van der Waals surface area contributed by atoms with Gasteiger partial charge in [0.1, 0.15) is 5.82 Å². The summed E-state index contributed by atoms with van der Waals surface area (Å²) in [5.41, 5.74) is 1.56. The summed E-state index contributed by atoms with van der Waals surface area (Å²) in [7, 11) is 0. The molecule has 0 aliphatic heterocycles. The number of imidazole rings is 1. The second kappa shape index (κ2) is 8.16. The number of carbonyl (C=O) groups is 1. The molecule has 140 valence electrons. The van der Waals surface area contributed by atoms with Gasteiger partial charge in [0.25, 0.3) is 5.91 Å². The Bertz CT molecular complexity index is 879. The highest BCUT2D eigenvalue weighted by atomic mass is 16.2. The highest BCUT2D eigenvalue weighted by Gasteiger charge is 2.19. The molecule has 0 atom stereocenters. The Balaban J connectivity index is 1.36. The fourth-order valence-electron chi connectivity index (χ4n) is 3.59. The van der Waals surface area contributed by atoms with E-state index in [2.05, 4.69) is 32.7 Å². The smallest absolute Gasteiger partial charge is 0.273 e. The van der Waals surface area contributed by atoms with Crippen molar-refractivity contribution in [2.24, 2.45) is 0 Å². The number of benzene rings is 1. The van der Waals surface area contributed by atoms with Gasteiger partial charge in [0, 0.05) is 18.9 Å². The van der Waals surface area contributed by atoms with Gasteiger partial charge in [0.2, 0.25) is 0 Å². The Hall–Kier alpha value is -2.96. The zero-order valence-electron chi connectivity index (χ0n) is 15.3. The number of rotatable bonds is 6. The van der Waals surface area contributed by atoms with Crippen molar-refractivity contribution in [2.45, 2.75) is 51.2 Å². The Kier molecular flexibility index (Phi) is 5.27. The van der Waals surface area contributed by atoms with E-state index in [9.17, 15) is 4.79 Å². The van der Waals surface area contributed by atoms with Crippen molar-refractivity contribution in [1.29, 1.82) is 0 Å². The molecule has 1 amide bonds. The highest BCUT2D eigenvalue weighted by Crippen LogP contribution is 2.27. The number of carbonyl (C=O) groups excluding carboxylic acids is 1. The van der Waals surface area contributed by atoms with Gasteiger partial charge in [0.15, 0.2) is 5.69 Å². The summed E-state index contributed by atoms with van der Waals surface area (Å²) in [6, 6.07) is 10.6. The van der Waals surface area contributed by atoms with Crippen LogP contribution in [0.5, 0.6) is 0 Å². The zero-order valence-corrected chi connectivity index (χ0v) is 15.3. The van der Waals surface area contributed by atoms with Crippen LogP contribution in [-0.4, -0.2) is 30.5 Å². The lowest BCUT2D eigenvalue weighted by molar-refractivity contribution is 0.0944. The van der Waals surface area contributed by atoms with Crippen LogP contribution in [0.25, 0.3) is 0 Å². The number of nitrogens with zero attached hydrogens (tertiary/aromatic N) is 5. The monoisotopic (exact) mass is 364 g/mol. The molecule has 1 aliphatic carbocycles. The molecule has 1 N–H and O–H groups in total. The number of aromatic nitrogens is 5. The summed E-state index contributed by atoms with van der Waals surface area (Å²) in [5.74, 6) is 0.596. The van der Waals surface area contributed by atoms with E-state index < -0.39 is 0 Å². The SMILES string of the molecule is O=C(NCc1nccn1Cc1ccccc1)c1cn(C2CCCCC2)nn1. The normalized spacial score (nSPS) is 15.0. The van der Waals surface area contributed by atoms with Gasteiger partial charge in [-0.25, -0.2) is 9.67 Å². The molecule has 0 bridgehead atoms. The van der Waals surface area contributed by atoms with E-state index in [0.717, 1.165) is 25.2 Å². The molecular formula is C20H24N6O. The fraction of sp³-hybridized carbons (Fsp3) is 0.400. The summed E-state index contributed by atoms with van der Waals surface area (Å²) >= 11 is 0. The lowest BCUT2D eigenvalue weighted by Gasteiger charge is -2.20. The van der Waals surface area contributed by atoms with Crippen LogP contribution in [0.15, 0.2) is 48.9 Å². The first-order valence-corrected chi connectivity index (χ1v) is 9.53. The van der Waals surface area contributed by atoms with Gasteiger partial charge in [-0.1, -0.05) is 54.8 Å². The minimum Gasteiger partial charge on any atom is -0.343 e. The van der Waals surface area contributed by atoms with Crippen LogP contribution in [0.4, 0.5) is 0 Å². The first-order chi connectivity index (χ1) is 13.3. The first-order valence-electron chi connectivity index (χ1n) is 9.53. The van der Waals surface area contributed by atoms with Crippen molar-refractivity contribution in [3.05, 3.63) is 66.0 Å². The van der Waals surface area contributed by atoms with E-state index in [4.69, 9.17) is 0 Å². The van der Waals surface area contributed by atoms with Gasteiger partial charge in [-0.15, -0.1) is 5.10 Å². The van der Waals surface area contributed by atoms with Crippen molar-refractivity contribution in [3.63, 3.8) is 0 Å². The van der Waals surface area contributed by atoms with E-state index >= 15 is 0 Å². The van der Waals surface area contributed by atoms with Gasteiger partial charge in [-0.2, -0.15) is 0 Å². The lowest BCUT2D eigenvalue weighted by Crippen LogP contribution is -2.25. The van der Waals surface area contributed by atoms with Crippen LogP contribution in [0.2, 0.25) is 0 Å². The maximum atomic E-state index is 12.4. The van der Waals surface area contributed by atoms with Crippen molar-refractivity contribution >= 4 is 5.91 Å². The van der Waals surface area contributed by atoms with Crippen LogP contribution in [0, 0.1) is 0 Å². The average Bonchev–Trinajstić information content (AvgIpc) is 3.37. The van der Waals surface area contributed by atoms with E-state index in [-0.39, 0.29) is 5.91 Å². The molecule has 0 saturated heterocycles. The molecule has 1 saturated carbocycles. The quantitative estimate of drug-likeness (QED) is 0.729. The third-order valence-corrected chi connectivity index (χ3v) is 5.10. The van der Waals surface area contributed by atoms with Gasteiger partial charge < -0.3 is 9.88 Å². The minimum atomic E-state index is -0.216. The van der Waals surface area contributed by atoms with Crippen molar-refractivity contribution in [1.82, 2.24) is 29.9 Å². The molecule has 7 heteroatoms. The molecule has 2 heterocycles. The average molecular weight is 364 g/mol. The molecule has 1 fully saturated rings. The van der Waals surface area contributed by atoms with Gasteiger partial charge >= 0.3 is 0 Å². The maximum Gasteiger partial charge on any atom is 0.273 e. The van der Waals surface area contributed by atoms with Crippen molar-refractivity contribution < 1.29 is 4.79 Å². The molecule has 0 radical (unpaired) electrons. The molecule has 4 rings (SSSR count). The number of amides is 1. The van der Waals surface area contributed by atoms with Crippen molar-refractivity contribution in [3.8, 4) is 0 Å². The molecular weight excluding hydrogens is 340 g/mol. The first kappa shape index (κ1) is 17.5. The lowest BCUT2D eigenvalue weighted by atomic mass is 9.96. The molecule has 1 aliphatic rings. The number of hydrogen-bond donors (Lipinski definition) is 1. The van der Waals surface area contributed by atoms with Gasteiger partial charge in [-0.05, 0) is 18.4 Å². The molecule has 0 spiro atoms. The number of nitrogens with one attached hydrogen (secondary N) is 1. The molecule has 1 aromatic carbocycles. The summed E-state index contributed by atoms with van der Waals surface area (Å²) in [5, 5.41) is 11.1. The van der Waals surface area contributed by atoms with Crippen LogP contribution in [0.1, 0.15) is 60.0 Å². The highest BCUT2D eigenvalue weighted by molar-refractivity contribution is 5.91. The molecule has 7 nitrogen and oxygen atoms in total. The Morgan fingerprint density at radius 3 is 2.78 bits per heavy atom. The number of hydrogen-bond acceptors (Lipinski definition) is 4. The molecule has 2 aromatic heterocycles. The van der Waals surface area contributed by atoms with E-state index in [1.165, 1.54) is 24.8 Å². The van der Waals surface area contributed by atoms with Crippen LogP contribution in [0.3, 0.4) is 0 Å². The summed E-state index contributed by atoms with van der Waals surface area (Å²) in [4.78, 5) is 16.8. The maximum absolute atomic E-state index is 12.4. The summed E-state index contributed by atoms with van der Waals surface area (Å²) in [6.45, 7) is 1.08. The minimum absolute atomic E-state index is 0.216. The largest absolute Gasteiger partial charge is 0.343 e. The topological polar surface area (TPSA) is 77.6 Å². The molecule has 3 aromatic rings. The molecule has 0 unspecified atom stereocenters. The Morgan fingerprint density at radius 1 is 1.15 bits per heavy atom. The second-order valence-electron chi connectivity index (χ2n) is 7.02. The van der Waals surface area contributed by atoms with Crippen LogP contribution in [-0.2, 0) is 13.1 Å². The van der Waals surface area contributed by atoms with E-state index in [1.807, 2.05) is 33.6 Å². The van der Waals surface area contributed by atoms with E-state index in [0.29, 0.717) is 18.3 Å². The standard InChI is InChI=1S/C20H24N6O/c27-20(18-15-26(24-23-18)17-9-5-2-6-10-17)22-13-19-21-11-12-25(19)14-16-7-3-1-4-8-16/h1,3-4,7-8,11-12,15,17H,2,5-6,9-10,13-14H2,(H,22,27). The summed E-state index contributed by atoms with van der Waals surface area (Å²) < 4.78 is 3.89. The third-order valence-electron chi connectivity index (χ3n) is 5.10. The predicted molar refractivity (Wildman–Crippen MR) is 101 cm³/mol. The predicted octanol–water partition coefficient (Wildman–Crippen LogP) is 2.96. The molecule has 27 heavy (non-hydrogen) atoms. The summed E-state index contributed by atoms with van der Waals surface area (Å²) in [6.07, 6.45) is 11.4. The second-order valence-corrected chi connectivity index (χ2v) is 7.02. The Labute approximate surface area is 158 Å². The Morgan fingerprint density at radius 2 is 1.96 bits per heavy atom.